The van der Waals surface area contributed by atoms with E-state index in [1.165, 1.54) is 0 Å². The van der Waals surface area contributed by atoms with Crippen molar-refractivity contribution in [2.45, 2.75) is 32.6 Å². The molecule has 13 heavy (non-hydrogen) atoms. The van der Waals surface area contributed by atoms with Crippen LogP contribution in [-0.2, 0) is 9.53 Å². The molecule has 0 aromatic carbocycles. The molecule has 0 atom stereocenters. The van der Waals surface area contributed by atoms with E-state index < -0.39 is 0 Å². The molecule has 1 amide bonds. The molecule has 0 aromatic heterocycles. The average molecular weight is 185 g/mol. The zero-order chi connectivity index (χ0) is 9.52. The molecule has 76 valence electrons. The Morgan fingerprint density at radius 2 is 2.23 bits per heavy atom. The lowest BCUT2D eigenvalue weighted by Crippen LogP contribution is -2.32. The monoisotopic (exact) mass is 185 g/mol. The molecule has 0 aromatic rings. The Hall–Kier alpha value is -0.570. The van der Waals surface area contributed by atoms with Crippen LogP contribution in [0.2, 0.25) is 0 Å². The fraction of sp³-hybridized carbons (Fsp3) is 0.900. The van der Waals surface area contributed by atoms with Gasteiger partial charge in [-0.2, -0.15) is 0 Å². The van der Waals surface area contributed by atoms with Crippen molar-refractivity contribution in [3.8, 4) is 0 Å². The van der Waals surface area contributed by atoms with Crippen LogP contribution in [0.4, 0.5) is 0 Å². The first-order valence-corrected chi connectivity index (χ1v) is 5.20. The van der Waals surface area contributed by atoms with Crippen LogP contribution in [0.15, 0.2) is 0 Å². The first kappa shape index (κ1) is 10.5. The van der Waals surface area contributed by atoms with E-state index in [1.807, 2.05) is 4.90 Å². The van der Waals surface area contributed by atoms with Gasteiger partial charge in [0.25, 0.3) is 0 Å². The zero-order valence-corrected chi connectivity index (χ0v) is 8.42. The van der Waals surface area contributed by atoms with Gasteiger partial charge in [0, 0.05) is 26.1 Å². The second-order valence-electron chi connectivity index (χ2n) is 3.45. The lowest BCUT2D eigenvalue weighted by Gasteiger charge is -2.19. The molecule has 1 saturated heterocycles. The Balaban J connectivity index is 2.26. The zero-order valence-electron chi connectivity index (χ0n) is 8.42. The van der Waals surface area contributed by atoms with Crippen LogP contribution in [-0.4, -0.2) is 37.1 Å². The quantitative estimate of drug-likeness (QED) is 0.665. The first-order chi connectivity index (χ1) is 6.34. The van der Waals surface area contributed by atoms with Crippen LogP contribution in [0.5, 0.6) is 0 Å². The highest BCUT2D eigenvalue weighted by molar-refractivity contribution is 5.76. The third kappa shape index (κ3) is 3.77. The maximum atomic E-state index is 11.6. The highest BCUT2D eigenvalue weighted by atomic mass is 16.5. The van der Waals surface area contributed by atoms with Crippen LogP contribution in [0.25, 0.3) is 0 Å². The van der Waals surface area contributed by atoms with E-state index in [4.69, 9.17) is 4.74 Å². The molecule has 1 rings (SSSR count). The van der Waals surface area contributed by atoms with Crippen molar-refractivity contribution in [3.63, 3.8) is 0 Å². The topological polar surface area (TPSA) is 29.5 Å². The Bertz CT molecular complexity index is 151. The third-order valence-electron chi connectivity index (χ3n) is 2.32. The van der Waals surface area contributed by atoms with Crippen LogP contribution in [0.3, 0.4) is 0 Å². The number of ether oxygens (including phenoxy) is 1. The predicted molar refractivity (Wildman–Crippen MR) is 51.5 cm³/mol. The molecular weight excluding hydrogens is 166 g/mol. The summed E-state index contributed by atoms with van der Waals surface area (Å²) in [6.07, 6.45) is 3.79. The van der Waals surface area contributed by atoms with Crippen LogP contribution < -0.4 is 0 Å². The number of hydrogen-bond acceptors (Lipinski definition) is 2. The van der Waals surface area contributed by atoms with Crippen molar-refractivity contribution >= 4 is 5.91 Å². The van der Waals surface area contributed by atoms with Gasteiger partial charge in [-0.15, -0.1) is 0 Å². The van der Waals surface area contributed by atoms with Crippen molar-refractivity contribution in [1.82, 2.24) is 4.90 Å². The molecule has 0 bridgehead atoms. The molecule has 3 heteroatoms. The van der Waals surface area contributed by atoms with Crippen molar-refractivity contribution in [2.24, 2.45) is 0 Å². The van der Waals surface area contributed by atoms with E-state index in [0.717, 1.165) is 39.0 Å². The van der Waals surface area contributed by atoms with E-state index >= 15 is 0 Å². The number of nitrogens with zero attached hydrogens (tertiary/aromatic N) is 1. The first-order valence-electron chi connectivity index (χ1n) is 5.20. The highest BCUT2D eigenvalue weighted by Gasteiger charge is 2.14. The predicted octanol–water partition coefficient (Wildman–Crippen LogP) is 1.43. The molecule has 0 aliphatic carbocycles. The lowest BCUT2D eigenvalue weighted by atomic mass is 10.2. The number of carbonyl (C=O) groups excluding carboxylic acids is 1. The van der Waals surface area contributed by atoms with E-state index in [2.05, 4.69) is 6.92 Å². The number of amides is 1. The largest absolute Gasteiger partial charge is 0.380 e. The summed E-state index contributed by atoms with van der Waals surface area (Å²) in [6, 6.07) is 0. The Labute approximate surface area is 80.1 Å². The fourth-order valence-electron chi connectivity index (χ4n) is 1.48. The summed E-state index contributed by atoms with van der Waals surface area (Å²) in [6.45, 7) is 5.28. The summed E-state index contributed by atoms with van der Waals surface area (Å²) < 4.78 is 5.29. The van der Waals surface area contributed by atoms with Gasteiger partial charge in [-0.05, 0) is 12.8 Å². The smallest absolute Gasteiger partial charge is 0.222 e. The minimum Gasteiger partial charge on any atom is -0.380 e. The summed E-state index contributed by atoms with van der Waals surface area (Å²) in [7, 11) is 0. The van der Waals surface area contributed by atoms with Crippen molar-refractivity contribution in [3.05, 3.63) is 0 Å². The van der Waals surface area contributed by atoms with Gasteiger partial charge in [-0.3, -0.25) is 4.79 Å². The SMILES string of the molecule is CCCCC(=O)N1CCCOCC1. The summed E-state index contributed by atoms with van der Waals surface area (Å²) >= 11 is 0. The van der Waals surface area contributed by atoms with Gasteiger partial charge in [-0.1, -0.05) is 13.3 Å². The molecule has 0 spiro atoms. The Kier molecular flexibility index (Phi) is 4.83. The van der Waals surface area contributed by atoms with E-state index in [9.17, 15) is 4.79 Å². The van der Waals surface area contributed by atoms with Crippen molar-refractivity contribution in [2.75, 3.05) is 26.3 Å². The van der Waals surface area contributed by atoms with Crippen LogP contribution in [0, 0.1) is 0 Å². The maximum Gasteiger partial charge on any atom is 0.222 e. The molecule has 1 aliphatic heterocycles. The van der Waals surface area contributed by atoms with Crippen molar-refractivity contribution < 1.29 is 9.53 Å². The normalized spacial score (nSPS) is 18.4. The van der Waals surface area contributed by atoms with Gasteiger partial charge >= 0.3 is 0 Å². The minimum atomic E-state index is 0.298. The summed E-state index contributed by atoms with van der Waals surface area (Å²) in [5.74, 6) is 0.298. The van der Waals surface area contributed by atoms with Gasteiger partial charge in [0.2, 0.25) is 5.91 Å². The fourth-order valence-corrected chi connectivity index (χ4v) is 1.48. The number of rotatable bonds is 3. The molecule has 0 unspecified atom stereocenters. The minimum absolute atomic E-state index is 0.298. The summed E-state index contributed by atoms with van der Waals surface area (Å²) in [4.78, 5) is 13.5. The van der Waals surface area contributed by atoms with Gasteiger partial charge in [0.15, 0.2) is 0 Å². The van der Waals surface area contributed by atoms with E-state index in [1.54, 1.807) is 0 Å². The Morgan fingerprint density at radius 3 is 3.00 bits per heavy atom. The molecule has 0 saturated carbocycles. The number of unbranched alkanes of at least 4 members (excludes halogenated alkanes) is 1. The summed E-state index contributed by atoms with van der Waals surface area (Å²) in [5.41, 5.74) is 0. The van der Waals surface area contributed by atoms with Gasteiger partial charge in [-0.25, -0.2) is 0 Å². The highest BCUT2D eigenvalue weighted by Crippen LogP contribution is 2.04. The average Bonchev–Trinajstić information content (AvgIpc) is 2.42. The second-order valence-corrected chi connectivity index (χ2v) is 3.45. The van der Waals surface area contributed by atoms with E-state index in [0.29, 0.717) is 18.9 Å². The van der Waals surface area contributed by atoms with Gasteiger partial charge < -0.3 is 9.64 Å². The number of carbonyl (C=O) groups is 1. The molecule has 0 N–H and O–H groups in total. The molecule has 1 fully saturated rings. The van der Waals surface area contributed by atoms with Gasteiger partial charge in [0.1, 0.15) is 0 Å². The Morgan fingerprint density at radius 1 is 1.38 bits per heavy atom. The van der Waals surface area contributed by atoms with Crippen molar-refractivity contribution in [1.29, 1.82) is 0 Å². The second kappa shape index (κ2) is 5.97. The van der Waals surface area contributed by atoms with Gasteiger partial charge in [0.05, 0.1) is 6.61 Å². The van der Waals surface area contributed by atoms with Crippen LogP contribution in [0.1, 0.15) is 32.6 Å². The number of hydrogen-bond donors (Lipinski definition) is 0. The molecule has 3 nitrogen and oxygen atoms in total. The standard InChI is InChI=1S/C10H19NO2/c1-2-3-5-10(12)11-6-4-8-13-9-7-11/h2-9H2,1H3. The third-order valence-corrected chi connectivity index (χ3v) is 2.32. The maximum absolute atomic E-state index is 11.6. The molecule has 1 heterocycles. The molecular formula is C10H19NO2. The van der Waals surface area contributed by atoms with Crippen LogP contribution >= 0.6 is 0 Å². The molecule has 0 radical (unpaired) electrons. The lowest BCUT2D eigenvalue weighted by molar-refractivity contribution is -0.131. The summed E-state index contributed by atoms with van der Waals surface area (Å²) in [5, 5.41) is 0. The molecule has 1 aliphatic rings. The van der Waals surface area contributed by atoms with E-state index in [-0.39, 0.29) is 0 Å².